The molecule has 0 aromatic rings. The van der Waals surface area contributed by atoms with Crippen molar-refractivity contribution < 1.29 is 159 Å². The Labute approximate surface area is 261 Å². The highest BCUT2D eigenvalue weighted by molar-refractivity contribution is 5.22. The number of hydrogen-bond acceptors (Lipinski definition) is 0. The van der Waals surface area contributed by atoms with Crippen LogP contribution in [0.5, 0.6) is 0 Å². The van der Waals surface area contributed by atoms with Crippen molar-refractivity contribution in [3.63, 3.8) is 0 Å². The summed E-state index contributed by atoms with van der Waals surface area (Å²) in [6.45, 7) is 0. The van der Waals surface area contributed by atoms with E-state index >= 15 is 0 Å². The largest absolute Gasteiger partial charge is 0.460 e. The standard InChI is InChI=1S/C17F35O/c18-1(19,2(20,21)4(24,25)6(28,29)8(32,33)10(36,37)12(40,41)14(44,45)16(48,49)50)3(22,23)5(26,27)7(30,31)9(34,35)11(38,39)13(42,43)15(46,47)17(51,52)53. The van der Waals surface area contributed by atoms with Crippen molar-refractivity contribution in [3.8, 4) is 0 Å². The highest BCUT2D eigenvalue weighted by Crippen LogP contribution is 2.70. The average Bonchev–Trinajstić information content (AvgIpc) is 2.89. The van der Waals surface area contributed by atoms with Gasteiger partial charge in [-0.05, 0) is 0 Å². The third-order valence-electron chi connectivity index (χ3n) is 6.24. The van der Waals surface area contributed by atoms with Gasteiger partial charge in [0.1, 0.15) is 0 Å². The van der Waals surface area contributed by atoms with E-state index in [1.165, 1.54) is 0 Å². The second kappa shape index (κ2) is 11.8. The average molecular weight is 885 g/mol. The summed E-state index contributed by atoms with van der Waals surface area (Å²) in [5.41, 5.74) is 0. The van der Waals surface area contributed by atoms with Crippen LogP contribution in [0.1, 0.15) is 0 Å². The molecule has 0 unspecified atom stereocenters. The third kappa shape index (κ3) is 5.58. The predicted octanol–water partition coefficient (Wildman–Crippen LogP) is 11.1. The van der Waals surface area contributed by atoms with Gasteiger partial charge in [-0.3, -0.25) is 0 Å². The van der Waals surface area contributed by atoms with E-state index in [1.54, 1.807) is 0 Å². The van der Waals surface area contributed by atoms with Gasteiger partial charge in [0.05, 0.1) is 0 Å². The SMILES string of the molecule is [O]C(F)(F)C(F)(F)C(F)(F)C(F)(F)C(F)(F)C(F)(F)C(F)(F)C(F)(F)C(F)(F)C(F)(F)C(F)(F)C(F)(F)C(F)(F)C(F)(F)C(F)(F)C(F)(F)C(F)(F)F. The molecule has 1 radical (unpaired) electrons. The molecule has 0 amide bonds. The molecule has 0 atom stereocenters. The van der Waals surface area contributed by atoms with Gasteiger partial charge in [0.2, 0.25) is 0 Å². The summed E-state index contributed by atoms with van der Waals surface area (Å²) in [5.74, 6) is -148. The van der Waals surface area contributed by atoms with Crippen LogP contribution < -0.4 is 0 Å². The fraction of sp³-hybridized carbons (Fsp3) is 1.00. The molecule has 53 heavy (non-hydrogen) atoms. The zero-order valence-corrected chi connectivity index (χ0v) is 22.1. The van der Waals surface area contributed by atoms with Crippen molar-refractivity contribution >= 4 is 0 Å². The van der Waals surface area contributed by atoms with Crippen molar-refractivity contribution in [3.05, 3.63) is 0 Å². The highest BCUT2D eigenvalue weighted by Gasteiger charge is 3.02. The molecule has 0 aliphatic heterocycles. The Kier molecular flexibility index (Phi) is 11.2. The van der Waals surface area contributed by atoms with Crippen LogP contribution in [0.15, 0.2) is 0 Å². The Hall–Kier alpha value is -2.49. The van der Waals surface area contributed by atoms with Crippen molar-refractivity contribution in [2.45, 2.75) is 101 Å². The van der Waals surface area contributed by atoms with E-state index in [1.807, 2.05) is 0 Å². The Morgan fingerprint density at radius 2 is 0.245 bits per heavy atom. The number of hydrogen-bond donors (Lipinski definition) is 0. The number of rotatable bonds is 15. The van der Waals surface area contributed by atoms with Crippen molar-refractivity contribution in [2.75, 3.05) is 0 Å². The lowest BCUT2D eigenvalue weighted by Crippen LogP contribution is -2.80. The smallest absolute Gasteiger partial charge is 0.192 e. The topological polar surface area (TPSA) is 19.9 Å². The van der Waals surface area contributed by atoms with E-state index in [0.29, 0.717) is 0 Å². The van der Waals surface area contributed by atoms with Crippen LogP contribution in [0.25, 0.3) is 0 Å². The van der Waals surface area contributed by atoms with Gasteiger partial charge in [0, 0.05) is 0 Å². The molecule has 36 heteroatoms. The van der Waals surface area contributed by atoms with E-state index in [9.17, 15) is 159 Å². The zero-order chi connectivity index (χ0) is 44.5. The Balaban J connectivity index is 7.78. The van der Waals surface area contributed by atoms with Crippen LogP contribution in [0.4, 0.5) is 154 Å². The number of alkyl halides is 35. The van der Waals surface area contributed by atoms with E-state index in [-0.39, 0.29) is 0 Å². The molecule has 319 valence electrons. The second-order valence-corrected chi connectivity index (χ2v) is 9.63. The Morgan fingerprint density at radius 3 is 0.340 bits per heavy atom. The maximum Gasteiger partial charge on any atom is 0.460 e. The first-order valence-electron chi connectivity index (χ1n) is 10.8. The third-order valence-corrected chi connectivity index (χ3v) is 6.24. The predicted molar refractivity (Wildman–Crippen MR) is 85.9 cm³/mol. The molecule has 0 N–H and O–H groups in total. The molecule has 0 aromatic heterocycles. The molecule has 0 saturated carbocycles. The second-order valence-electron chi connectivity index (χ2n) is 9.63. The van der Waals surface area contributed by atoms with Gasteiger partial charge >= 0.3 is 101 Å². The van der Waals surface area contributed by atoms with Gasteiger partial charge in [-0.1, -0.05) is 0 Å². The lowest BCUT2D eigenvalue weighted by molar-refractivity contribution is -0.496. The van der Waals surface area contributed by atoms with Gasteiger partial charge in [-0.15, -0.1) is 0 Å². The highest BCUT2D eigenvalue weighted by atomic mass is 19.4. The summed E-state index contributed by atoms with van der Waals surface area (Å²) in [5, 5.41) is 9.71. The van der Waals surface area contributed by atoms with E-state index in [4.69, 9.17) is 0 Å². The lowest BCUT2D eigenvalue weighted by atomic mass is 9.82. The van der Waals surface area contributed by atoms with Crippen LogP contribution in [0.2, 0.25) is 0 Å². The molecule has 0 spiro atoms. The van der Waals surface area contributed by atoms with Gasteiger partial charge in [0.25, 0.3) is 0 Å². The van der Waals surface area contributed by atoms with Crippen molar-refractivity contribution in [2.24, 2.45) is 0 Å². The molecule has 0 bridgehead atoms. The summed E-state index contributed by atoms with van der Waals surface area (Å²) in [4.78, 5) is 0. The molecule has 0 saturated heterocycles. The summed E-state index contributed by atoms with van der Waals surface area (Å²) in [7, 11) is 0. The summed E-state index contributed by atoms with van der Waals surface area (Å²) in [6.07, 6.45) is -16.6. The van der Waals surface area contributed by atoms with E-state index < -0.39 is 101 Å². The van der Waals surface area contributed by atoms with Gasteiger partial charge in [-0.2, -0.15) is 159 Å². The quantitative estimate of drug-likeness (QED) is 0.146. The first-order valence-corrected chi connectivity index (χ1v) is 10.8. The van der Waals surface area contributed by atoms with Gasteiger partial charge in [0.15, 0.2) is 0 Å². The molecular weight excluding hydrogens is 885 g/mol. The van der Waals surface area contributed by atoms with Crippen LogP contribution in [0, 0.1) is 0 Å². The first-order chi connectivity index (χ1) is 22.0. The van der Waals surface area contributed by atoms with Crippen LogP contribution in [-0.4, -0.2) is 101 Å². The molecule has 0 rings (SSSR count). The fourth-order valence-electron chi connectivity index (χ4n) is 2.92. The molecule has 0 heterocycles. The summed E-state index contributed by atoms with van der Waals surface area (Å²) >= 11 is 0. The van der Waals surface area contributed by atoms with Gasteiger partial charge < -0.3 is 0 Å². The Bertz CT molecular complexity index is 1240. The van der Waals surface area contributed by atoms with Crippen molar-refractivity contribution in [1.82, 2.24) is 0 Å². The monoisotopic (exact) mass is 885 g/mol. The van der Waals surface area contributed by atoms with Crippen LogP contribution in [0.3, 0.4) is 0 Å². The fourth-order valence-corrected chi connectivity index (χ4v) is 2.92. The number of halogens is 35. The minimum atomic E-state index is -10.3. The van der Waals surface area contributed by atoms with E-state index in [0.717, 1.165) is 0 Å². The van der Waals surface area contributed by atoms with Gasteiger partial charge in [-0.25, -0.2) is 0 Å². The first kappa shape index (κ1) is 50.5. The maximum absolute atomic E-state index is 13.7. The molecule has 1 nitrogen and oxygen atoms in total. The van der Waals surface area contributed by atoms with Crippen LogP contribution in [-0.2, 0) is 5.11 Å². The van der Waals surface area contributed by atoms with Crippen molar-refractivity contribution in [1.29, 1.82) is 0 Å². The minimum Gasteiger partial charge on any atom is -0.192 e. The normalized spacial score (nSPS) is 17.4. The molecule has 0 aliphatic carbocycles. The van der Waals surface area contributed by atoms with E-state index in [2.05, 4.69) is 0 Å². The minimum absolute atomic E-state index is 8.19. The lowest BCUT2D eigenvalue weighted by Gasteiger charge is -2.47. The molecule has 0 aliphatic rings. The Morgan fingerprint density at radius 1 is 0.151 bits per heavy atom. The van der Waals surface area contributed by atoms with Crippen LogP contribution >= 0.6 is 0 Å². The molecule has 0 aromatic carbocycles. The summed E-state index contributed by atoms with van der Waals surface area (Å²) in [6, 6.07) is 0. The molecule has 0 fully saturated rings. The zero-order valence-electron chi connectivity index (χ0n) is 22.1. The maximum atomic E-state index is 13.7. The summed E-state index contributed by atoms with van der Waals surface area (Å²) < 4.78 is 463. The molecular formula is C17F35O.